The predicted molar refractivity (Wildman–Crippen MR) is 193 cm³/mol. The molecule has 4 fully saturated rings. The maximum atomic E-state index is 14.7. The van der Waals surface area contributed by atoms with Gasteiger partial charge in [-0.3, -0.25) is 19.2 Å². The van der Waals surface area contributed by atoms with Crippen LogP contribution in [-0.4, -0.2) is 69.9 Å². The second-order valence-electron chi connectivity index (χ2n) is 14.7. The van der Waals surface area contributed by atoms with Crippen molar-refractivity contribution < 1.29 is 19.2 Å². The molecule has 0 spiro atoms. The molecule has 256 valence electrons. The first-order chi connectivity index (χ1) is 24.8. The van der Waals surface area contributed by atoms with Crippen molar-refractivity contribution in [3.05, 3.63) is 130 Å². The number of fused-ring (bicyclic) bond motifs is 11. The summed E-state index contributed by atoms with van der Waals surface area (Å²) in [6.45, 7) is 0. The number of halogens is 1. The number of nitrogens with zero attached hydrogens (tertiary/aromatic N) is 2. The van der Waals surface area contributed by atoms with Gasteiger partial charge in [0.1, 0.15) is 36.5 Å². The van der Waals surface area contributed by atoms with E-state index in [4.69, 9.17) is 0 Å². The third-order valence-electron chi connectivity index (χ3n) is 12.4. The number of para-hydroxylation sites is 1. The fraction of sp³-hybridized carbons (Fsp3) is 0.300. The zero-order valence-electron chi connectivity index (χ0n) is 27.5. The third-order valence-corrected chi connectivity index (χ3v) is 12.8. The van der Waals surface area contributed by atoms with E-state index in [-0.39, 0.29) is 23.6 Å². The topological polar surface area (TPSA) is 123 Å². The Bertz CT molecular complexity index is 2150. The minimum Gasteiger partial charge on any atom is -0.364 e. The zero-order chi connectivity index (χ0) is 34.6. The van der Waals surface area contributed by atoms with Gasteiger partial charge in [-0.15, -0.1) is 0 Å². The summed E-state index contributed by atoms with van der Waals surface area (Å²) in [5, 5.41) is 13.6. The van der Waals surface area contributed by atoms with Gasteiger partial charge in [0, 0.05) is 28.7 Å². The van der Waals surface area contributed by atoms with E-state index < -0.39 is 47.3 Å². The molecule has 0 aliphatic carbocycles. The molecule has 6 aliphatic rings. The van der Waals surface area contributed by atoms with E-state index in [1.54, 1.807) is 9.80 Å². The number of hydrogen-bond acceptors (Lipinski definition) is 6. The van der Waals surface area contributed by atoms with Crippen LogP contribution in [0.4, 0.5) is 11.4 Å². The molecule has 0 bridgehead atoms. The molecule has 4 saturated heterocycles. The second-order valence-corrected chi connectivity index (χ2v) is 15.6. The van der Waals surface area contributed by atoms with Gasteiger partial charge in [0.25, 0.3) is 0 Å². The fourth-order valence-electron chi connectivity index (χ4n) is 10.4. The monoisotopic (exact) mass is 742 g/mol. The maximum absolute atomic E-state index is 14.7. The molecule has 0 radical (unpaired) electrons. The van der Waals surface area contributed by atoms with Gasteiger partial charge in [0.05, 0.1) is 10.8 Å². The Balaban J connectivity index is 1.14. The van der Waals surface area contributed by atoms with Crippen LogP contribution in [0.2, 0.25) is 0 Å². The number of hydrogen-bond donors (Lipinski definition) is 4. The molecule has 4 aromatic rings. The molecule has 4 amide bonds. The van der Waals surface area contributed by atoms with Crippen molar-refractivity contribution in [3.8, 4) is 0 Å². The standard InChI is InChI=1S/C40H35BrN6O4/c41-24-15-16-28-26(19-24)40(21-32-34(49)43-30(18-23-11-5-2-6-12-23)36(51)47(32)38(40)45-28)39-20-31-33(48)42-29(17-22-9-3-1-4-10-22)35(50)46(31)37(39)44-27-14-8-7-13-25(27)39/h1-16,19,29-32,37-38,44-45H,17-18,20-21H2,(H,42,48)(H,43,49)/t29-,30-,31-,32-,37+,38+,39?,40?/m0/s1. The summed E-state index contributed by atoms with van der Waals surface area (Å²) < 4.78 is 0.866. The molecule has 10 nitrogen and oxygen atoms in total. The van der Waals surface area contributed by atoms with Gasteiger partial charge >= 0.3 is 0 Å². The fourth-order valence-corrected chi connectivity index (χ4v) is 10.8. The number of rotatable bonds is 5. The molecule has 11 heteroatoms. The molecule has 6 aliphatic heterocycles. The smallest absolute Gasteiger partial charge is 0.247 e. The molecular weight excluding hydrogens is 708 g/mol. The van der Waals surface area contributed by atoms with Crippen molar-refractivity contribution in [1.82, 2.24) is 20.4 Å². The Labute approximate surface area is 303 Å². The zero-order valence-corrected chi connectivity index (χ0v) is 29.1. The first-order valence-corrected chi connectivity index (χ1v) is 18.3. The van der Waals surface area contributed by atoms with Crippen LogP contribution in [0.3, 0.4) is 0 Å². The number of carbonyl (C=O) groups is 4. The summed E-state index contributed by atoms with van der Waals surface area (Å²) in [7, 11) is 0. The highest BCUT2D eigenvalue weighted by Gasteiger charge is 2.78. The molecule has 4 N–H and O–H groups in total. The Kier molecular flexibility index (Phi) is 6.56. The number of anilines is 2. The molecule has 0 saturated carbocycles. The molecule has 2 unspecified atom stereocenters. The highest BCUT2D eigenvalue weighted by molar-refractivity contribution is 9.10. The van der Waals surface area contributed by atoms with Gasteiger partial charge in [0.2, 0.25) is 23.6 Å². The van der Waals surface area contributed by atoms with Crippen LogP contribution in [0.1, 0.15) is 35.1 Å². The van der Waals surface area contributed by atoms with Gasteiger partial charge in [0.15, 0.2) is 0 Å². The van der Waals surface area contributed by atoms with Crippen LogP contribution in [-0.2, 0) is 42.8 Å². The lowest BCUT2D eigenvalue weighted by Gasteiger charge is -2.48. The molecule has 6 heterocycles. The lowest BCUT2D eigenvalue weighted by atomic mass is 9.54. The number of benzene rings is 4. The van der Waals surface area contributed by atoms with E-state index in [1.807, 2.05) is 91.0 Å². The quantitative estimate of drug-likeness (QED) is 0.247. The highest BCUT2D eigenvalue weighted by Crippen LogP contribution is 2.69. The van der Waals surface area contributed by atoms with Crippen molar-refractivity contribution in [2.45, 2.75) is 73.0 Å². The van der Waals surface area contributed by atoms with Crippen molar-refractivity contribution in [2.24, 2.45) is 0 Å². The Morgan fingerprint density at radius 3 is 1.59 bits per heavy atom. The normalized spacial score (nSPS) is 32.5. The van der Waals surface area contributed by atoms with E-state index in [2.05, 4.69) is 49.3 Å². The first kappa shape index (κ1) is 30.6. The van der Waals surface area contributed by atoms with Gasteiger partial charge in [-0.1, -0.05) is 94.8 Å². The Morgan fingerprint density at radius 1 is 0.569 bits per heavy atom. The molecule has 10 rings (SSSR count). The van der Waals surface area contributed by atoms with E-state index in [0.717, 1.165) is 38.1 Å². The number of piperazine rings is 2. The molecule has 8 atom stereocenters. The minimum atomic E-state index is -0.900. The third kappa shape index (κ3) is 4.09. The average Bonchev–Trinajstić information content (AvgIpc) is 3.85. The average molecular weight is 744 g/mol. The summed E-state index contributed by atoms with van der Waals surface area (Å²) >= 11 is 3.73. The molecule has 0 aromatic heterocycles. The van der Waals surface area contributed by atoms with Gasteiger partial charge in [-0.25, -0.2) is 0 Å². The maximum Gasteiger partial charge on any atom is 0.247 e. The molecular formula is C40H35BrN6O4. The van der Waals surface area contributed by atoms with Crippen molar-refractivity contribution >= 4 is 50.9 Å². The number of nitrogens with one attached hydrogen (secondary N) is 4. The summed E-state index contributed by atoms with van der Waals surface area (Å²) in [5.41, 5.74) is 3.84. The number of amides is 4. The largest absolute Gasteiger partial charge is 0.364 e. The SMILES string of the molecule is O=C1N[C@@H](Cc2ccccc2)C(=O)N2[C@H]3Nc4ccccc4C3(C34C[C@H]5C(=O)N[C@@H](Cc6ccccc6)C(=O)N5[C@H]3Nc3ccc(Br)cc34)C[C@@H]12. The van der Waals surface area contributed by atoms with Gasteiger partial charge < -0.3 is 31.1 Å². The van der Waals surface area contributed by atoms with Crippen LogP contribution in [0.25, 0.3) is 0 Å². The Morgan fingerprint density at radius 2 is 1.04 bits per heavy atom. The van der Waals surface area contributed by atoms with Crippen molar-refractivity contribution in [1.29, 1.82) is 0 Å². The summed E-state index contributed by atoms with van der Waals surface area (Å²) in [5.74, 6) is -0.669. The summed E-state index contributed by atoms with van der Waals surface area (Å²) in [6, 6.07) is 30.7. The van der Waals surface area contributed by atoms with E-state index >= 15 is 0 Å². The molecule has 51 heavy (non-hydrogen) atoms. The van der Waals surface area contributed by atoms with Crippen LogP contribution < -0.4 is 21.3 Å². The van der Waals surface area contributed by atoms with E-state index in [0.29, 0.717) is 25.7 Å². The summed E-state index contributed by atoms with van der Waals surface area (Å²) in [4.78, 5) is 61.4. The van der Waals surface area contributed by atoms with E-state index in [9.17, 15) is 19.2 Å². The van der Waals surface area contributed by atoms with Crippen LogP contribution in [0.5, 0.6) is 0 Å². The predicted octanol–water partition coefficient (Wildman–Crippen LogP) is 3.81. The second kappa shape index (κ2) is 10.9. The Hall–Kier alpha value is -5.16. The van der Waals surface area contributed by atoms with Crippen LogP contribution >= 0.6 is 15.9 Å². The van der Waals surface area contributed by atoms with E-state index in [1.165, 1.54) is 0 Å². The van der Waals surface area contributed by atoms with Crippen LogP contribution in [0, 0.1) is 0 Å². The summed E-state index contributed by atoms with van der Waals surface area (Å²) in [6.07, 6.45) is 0.174. The first-order valence-electron chi connectivity index (χ1n) is 17.6. The lowest BCUT2D eigenvalue weighted by Crippen LogP contribution is -2.67. The number of carbonyl (C=O) groups excluding carboxylic acids is 4. The highest BCUT2D eigenvalue weighted by atomic mass is 79.9. The van der Waals surface area contributed by atoms with Crippen LogP contribution in [0.15, 0.2) is 108 Å². The lowest BCUT2D eigenvalue weighted by molar-refractivity contribution is -0.149. The minimum absolute atomic E-state index is 0.142. The molecule has 4 aromatic carbocycles. The van der Waals surface area contributed by atoms with Gasteiger partial charge in [-0.2, -0.15) is 0 Å². The van der Waals surface area contributed by atoms with Crippen molar-refractivity contribution in [3.63, 3.8) is 0 Å². The van der Waals surface area contributed by atoms with Crippen molar-refractivity contribution in [2.75, 3.05) is 10.6 Å². The van der Waals surface area contributed by atoms with Gasteiger partial charge in [-0.05, 0) is 59.4 Å².